The summed E-state index contributed by atoms with van der Waals surface area (Å²) in [5.41, 5.74) is 0. The SMILES string of the molecule is CCCNS(=O)(=O)c1ccc(OCCC)c2ccccc12. The Morgan fingerprint density at radius 2 is 1.71 bits per heavy atom. The second kappa shape index (κ2) is 6.91. The van der Waals surface area contributed by atoms with Crippen LogP contribution in [0.1, 0.15) is 26.7 Å². The summed E-state index contributed by atoms with van der Waals surface area (Å²) in [6.07, 6.45) is 1.67. The first kappa shape index (κ1) is 15.8. The Balaban J connectivity index is 2.52. The molecule has 1 N–H and O–H groups in total. The zero-order valence-corrected chi connectivity index (χ0v) is 13.2. The molecule has 0 amide bonds. The summed E-state index contributed by atoms with van der Waals surface area (Å²) in [6.45, 7) is 5.02. The first-order valence-corrected chi connectivity index (χ1v) is 8.72. The minimum absolute atomic E-state index is 0.301. The molecular formula is C16H21NO3S. The molecule has 0 fully saturated rings. The fourth-order valence-corrected chi connectivity index (χ4v) is 3.47. The van der Waals surface area contributed by atoms with Crippen LogP contribution in [0.4, 0.5) is 0 Å². The Labute approximate surface area is 126 Å². The fourth-order valence-electron chi connectivity index (χ4n) is 2.13. The van der Waals surface area contributed by atoms with E-state index in [1.165, 1.54) is 0 Å². The van der Waals surface area contributed by atoms with Gasteiger partial charge in [0.25, 0.3) is 0 Å². The van der Waals surface area contributed by atoms with Crippen molar-refractivity contribution in [3.63, 3.8) is 0 Å². The quantitative estimate of drug-likeness (QED) is 0.853. The van der Waals surface area contributed by atoms with Crippen LogP contribution in [0, 0.1) is 0 Å². The number of hydrogen-bond acceptors (Lipinski definition) is 3. The minimum Gasteiger partial charge on any atom is -0.493 e. The van der Waals surface area contributed by atoms with Crippen molar-refractivity contribution >= 4 is 20.8 Å². The molecule has 114 valence electrons. The molecule has 0 unspecified atom stereocenters. The third kappa shape index (κ3) is 3.54. The van der Waals surface area contributed by atoms with Gasteiger partial charge in [0, 0.05) is 17.3 Å². The molecular weight excluding hydrogens is 286 g/mol. The summed E-state index contributed by atoms with van der Waals surface area (Å²) in [5.74, 6) is 0.724. The number of sulfonamides is 1. The van der Waals surface area contributed by atoms with Crippen LogP contribution in [0.15, 0.2) is 41.3 Å². The maximum atomic E-state index is 12.4. The predicted molar refractivity (Wildman–Crippen MR) is 85.2 cm³/mol. The van der Waals surface area contributed by atoms with Crippen LogP contribution in [0.25, 0.3) is 10.8 Å². The lowest BCUT2D eigenvalue weighted by molar-refractivity contribution is 0.321. The van der Waals surface area contributed by atoms with E-state index in [-0.39, 0.29) is 0 Å². The van der Waals surface area contributed by atoms with E-state index in [2.05, 4.69) is 4.72 Å². The summed E-state index contributed by atoms with van der Waals surface area (Å²) in [5, 5.41) is 1.51. The van der Waals surface area contributed by atoms with Crippen molar-refractivity contribution in [3.8, 4) is 5.75 Å². The molecule has 0 aliphatic carbocycles. The van der Waals surface area contributed by atoms with Crippen molar-refractivity contribution in [2.24, 2.45) is 0 Å². The predicted octanol–water partition coefficient (Wildman–Crippen LogP) is 3.32. The van der Waals surface area contributed by atoms with E-state index in [9.17, 15) is 8.42 Å². The summed E-state index contributed by atoms with van der Waals surface area (Å²) in [7, 11) is -3.49. The van der Waals surface area contributed by atoms with Crippen LogP contribution in [0.2, 0.25) is 0 Å². The van der Waals surface area contributed by atoms with Crippen molar-refractivity contribution in [2.45, 2.75) is 31.6 Å². The lowest BCUT2D eigenvalue weighted by Gasteiger charge is -2.13. The Morgan fingerprint density at radius 1 is 1.00 bits per heavy atom. The molecule has 0 heterocycles. The van der Waals surface area contributed by atoms with Gasteiger partial charge in [-0.1, -0.05) is 38.1 Å². The van der Waals surface area contributed by atoms with Gasteiger partial charge in [-0.25, -0.2) is 13.1 Å². The second-order valence-electron chi connectivity index (χ2n) is 4.85. The largest absolute Gasteiger partial charge is 0.493 e. The maximum absolute atomic E-state index is 12.4. The molecule has 0 bridgehead atoms. The van der Waals surface area contributed by atoms with Gasteiger partial charge in [-0.15, -0.1) is 0 Å². The number of nitrogens with one attached hydrogen (secondary N) is 1. The van der Waals surface area contributed by atoms with Gasteiger partial charge in [0.15, 0.2) is 0 Å². The van der Waals surface area contributed by atoms with Crippen LogP contribution in [-0.2, 0) is 10.0 Å². The smallest absolute Gasteiger partial charge is 0.241 e. The van der Waals surface area contributed by atoms with Gasteiger partial charge in [0.1, 0.15) is 5.75 Å². The normalized spacial score (nSPS) is 11.7. The highest BCUT2D eigenvalue weighted by atomic mass is 32.2. The van der Waals surface area contributed by atoms with Gasteiger partial charge < -0.3 is 4.74 Å². The molecule has 2 aromatic rings. The third-order valence-corrected chi connectivity index (χ3v) is 4.66. The first-order valence-electron chi connectivity index (χ1n) is 7.24. The summed E-state index contributed by atoms with van der Waals surface area (Å²) >= 11 is 0. The number of ether oxygens (including phenoxy) is 1. The molecule has 2 aromatic carbocycles. The van der Waals surface area contributed by atoms with Gasteiger partial charge in [0.05, 0.1) is 11.5 Å². The standard InChI is InChI=1S/C16H21NO3S/c1-3-11-17-21(18,19)16-10-9-15(20-12-4-2)13-7-5-6-8-14(13)16/h5-10,17H,3-4,11-12H2,1-2H3. The van der Waals surface area contributed by atoms with E-state index in [1.54, 1.807) is 12.1 Å². The van der Waals surface area contributed by atoms with E-state index in [1.807, 2.05) is 38.1 Å². The highest BCUT2D eigenvalue weighted by Crippen LogP contribution is 2.31. The Kier molecular flexibility index (Phi) is 5.20. The Hall–Kier alpha value is -1.59. The van der Waals surface area contributed by atoms with Crippen molar-refractivity contribution < 1.29 is 13.2 Å². The summed E-state index contributed by atoms with van der Waals surface area (Å²) < 4.78 is 33.1. The number of fused-ring (bicyclic) bond motifs is 1. The van der Waals surface area contributed by atoms with Gasteiger partial charge in [-0.05, 0) is 25.0 Å². The Bertz CT molecular complexity index is 711. The molecule has 0 atom stereocenters. The van der Waals surface area contributed by atoms with Crippen LogP contribution in [0.3, 0.4) is 0 Å². The van der Waals surface area contributed by atoms with Crippen LogP contribution < -0.4 is 9.46 Å². The highest BCUT2D eigenvalue weighted by molar-refractivity contribution is 7.89. The zero-order valence-electron chi connectivity index (χ0n) is 12.4. The van der Waals surface area contributed by atoms with E-state index < -0.39 is 10.0 Å². The fraction of sp³-hybridized carbons (Fsp3) is 0.375. The first-order chi connectivity index (χ1) is 10.1. The van der Waals surface area contributed by atoms with Crippen LogP contribution in [0.5, 0.6) is 5.75 Å². The van der Waals surface area contributed by atoms with Crippen molar-refractivity contribution in [3.05, 3.63) is 36.4 Å². The van der Waals surface area contributed by atoms with Crippen LogP contribution >= 0.6 is 0 Å². The molecule has 0 aliphatic heterocycles. The van der Waals surface area contributed by atoms with E-state index in [0.717, 1.165) is 24.0 Å². The molecule has 0 saturated carbocycles. The van der Waals surface area contributed by atoms with Gasteiger partial charge in [-0.3, -0.25) is 0 Å². The minimum atomic E-state index is -3.49. The number of rotatable bonds is 7. The molecule has 4 nitrogen and oxygen atoms in total. The molecule has 0 aromatic heterocycles. The zero-order chi connectivity index (χ0) is 15.3. The van der Waals surface area contributed by atoms with Crippen molar-refractivity contribution in [1.29, 1.82) is 0 Å². The van der Waals surface area contributed by atoms with Gasteiger partial charge >= 0.3 is 0 Å². The maximum Gasteiger partial charge on any atom is 0.241 e. The molecule has 2 rings (SSSR count). The molecule has 0 radical (unpaired) electrons. The molecule has 5 heteroatoms. The molecule has 0 spiro atoms. The average molecular weight is 307 g/mol. The Morgan fingerprint density at radius 3 is 2.38 bits per heavy atom. The van der Waals surface area contributed by atoms with Gasteiger partial charge in [0.2, 0.25) is 10.0 Å². The van der Waals surface area contributed by atoms with E-state index >= 15 is 0 Å². The molecule has 0 aliphatic rings. The van der Waals surface area contributed by atoms with E-state index in [4.69, 9.17) is 4.74 Å². The van der Waals surface area contributed by atoms with E-state index in [0.29, 0.717) is 23.4 Å². The second-order valence-corrected chi connectivity index (χ2v) is 6.59. The lowest BCUT2D eigenvalue weighted by atomic mass is 10.1. The summed E-state index contributed by atoms with van der Waals surface area (Å²) in [4.78, 5) is 0.301. The lowest BCUT2D eigenvalue weighted by Crippen LogP contribution is -2.24. The van der Waals surface area contributed by atoms with Crippen molar-refractivity contribution in [1.82, 2.24) is 4.72 Å². The third-order valence-electron chi connectivity index (χ3n) is 3.14. The van der Waals surface area contributed by atoms with Gasteiger partial charge in [-0.2, -0.15) is 0 Å². The van der Waals surface area contributed by atoms with Crippen molar-refractivity contribution in [2.75, 3.05) is 13.2 Å². The number of benzene rings is 2. The average Bonchev–Trinajstić information content (AvgIpc) is 2.50. The highest BCUT2D eigenvalue weighted by Gasteiger charge is 2.18. The molecule has 21 heavy (non-hydrogen) atoms. The summed E-state index contributed by atoms with van der Waals surface area (Å²) in [6, 6.07) is 10.8. The molecule has 0 saturated heterocycles. The number of hydrogen-bond donors (Lipinski definition) is 1. The topological polar surface area (TPSA) is 55.4 Å². The monoisotopic (exact) mass is 307 g/mol. The van der Waals surface area contributed by atoms with Crippen LogP contribution in [-0.4, -0.2) is 21.6 Å².